The van der Waals surface area contributed by atoms with Crippen LogP contribution in [0.4, 0.5) is 0 Å². The number of aryl methyl sites for hydroxylation is 1. The van der Waals surface area contributed by atoms with Gasteiger partial charge in [-0.25, -0.2) is 4.98 Å². The zero-order valence-corrected chi connectivity index (χ0v) is 17.2. The van der Waals surface area contributed by atoms with Crippen LogP contribution in [-0.2, 0) is 4.74 Å². The summed E-state index contributed by atoms with van der Waals surface area (Å²) in [6.45, 7) is 6.82. The summed E-state index contributed by atoms with van der Waals surface area (Å²) in [5.41, 5.74) is 2.56. The molecule has 3 aromatic rings. The highest BCUT2D eigenvalue weighted by Crippen LogP contribution is 2.24. The number of ether oxygens (including phenoxy) is 1. The van der Waals surface area contributed by atoms with Crippen molar-refractivity contribution in [1.82, 2.24) is 19.6 Å². The van der Waals surface area contributed by atoms with Gasteiger partial charge in [-0.1, -0.05) is 29.8 Å². The number of carbonyl (C=O) groups excluding carboxylic acids is 1. The Hall–Kier alpha value is -2.55. The first-order chi connectivity index (χ1) is 14.1. The van der Waals surface area contributed by atoms with E-state index in [-0.39, 0.29) is 17.0 Å². The van der Waals surface area contributed by atoms with Gasteiger partial charge in [0.05, 0.1) is 18.9 Å². The summed E-state index contributed by atoms with van der Waals surface area (Å²) < 4.78 is 6.86. The van der Waals surface area contributed by atoms with Gasteiger partial charge in [-0.15, -0.1) is 11.3 Å². The molecule has 0 bridgehead atoms. The molecule has 1 amide bonds. The number of nitrogens with zero attached hydrogens (tertiary/aromatic N) is 3. The third-order valence-electron chi connectivity index (χ3n) is 5.08. The van der Waals surface area contributed by atoms with Crippen LogP contribution in [0, 0.1) is 6.92 Å². The Bertz CT molecular complexity index is 1050. The molecule has 1 fully saturated rings. The number of carbonyl (C=O) groups is 1. The first-order valence-corrected chi connectivity index (χ1v) is 10.7. The fourth-order valence-electron chi connectivity index (χ4n) is 3.40. The molecule has 0 spiro atoms. The van der Waals surface area contributed by atoms with Gasteiger partial charge in [-0.2, -0.15) is 0 Å². The molecule has 1 N–H and O–H groups in total. The maximum atomic E-state index is 13.0. The molecule has 29 heavy (non-hydrogen) atoms. The monoisotopic (exact) mass is 412 g/mol. The van der Waals surface area contributed by atoms with Gasteiger partial charge in [0.1, 0.15) is 5.56 Å². The maximum Gasteiger partial charge on any atom is 0.271 e. The van der Waals surface area contributed by atoms with Crippen molar-refractivity contribution in [2.24, 2.45) is 0 Å². The van der Waals surface area contributed by atoms with Crippen molar-refractivity contribution in [3.63, 3.8) is 0 Å². The van der Waals surface area contributed by atoms with Crippen molar-refractivity contribution < 1.29 is 9.53 Å². The second-order valence-corrected chi connectivity index (χ2v) is 7.98. The Morgan fingerprint density at radius 1 is 1.24 bits per heavy atom. The molecule has 1 aromatic carbocycles. The van der Waals surface area contributed by atoms with E-state index in [4.69, 9.17) is 4.74 Å². The lowest BCUT2D eigenvalue weighted by Crippen LogP contribution is -2.38. The van der Waals surface area contributed by atoms with Crippen LogP contribution in [0.1, 0.15) is 22.3 Å². The number of nitrogens with one attached hydrogen (secondary N) is 1. The van der Waals surface area contributed by atoms with Gasteiger partial charge < -0.3 is 10.1 Å². The average molecular weight is 413 g/mol. The van der Waals surface area contributed by atoms with E-state index in [1.807, 2.05) is 36.6 Å². The molecule has 1 saturated heterocycles. The van der Waals surface area contributed by atoms with E-state index in [0.717, 1.165) is 56.1 Å². The molecule has 7 nitrogen and oxygen atoms in total. The predicted octanol–water partition coefficient (Wildman–Crippen LogP) is 2.18. The highest BCUT2D eigenvalue weighted by Gasteiger charge is 2.17. The maximum absolute atomic E-state index is 13.0. The molecular weight excluding hydrogens is 388 g/mol. The molecule has 0 aliphatic carbocycles. The fourth-order valence-corrected chi connectivity index (χ4v) is 4.26. The van der Waals surface area contributed by atoms with E-state index in [1.54, 1.807) is 0 Å². The number of rotatable bonds is 6. The highest BCUT2D eigenvalue weighted by atomic mass is 32.1. The van der Waals surface area contributed by atoms with Crippen LogP contribution in [0.25, 0.3) is 16.2 Å². The lowest BCUT2D eigenvalue weighted by Gasteiger charge is -2.26. The van der Waals surface area contributed by atoms with E-state index in [1.165, 1.54) is 21.9 Å². The Morgan fingerprint density at radius 2 is 2.00 bits per heavy atom. The minimum atomic E-state index is -0.375. The quantitative estimate of drug-likeness (QED) is 0.628. The molecule has 0 radical (unpaired) electrons. The van der Waals surface area contributed by atoms with Gasteiger partial charge in [0.25, 0.3) is 11.5 Å². The summed E-state index contributed by atoms with van der Waals surface area (Å²) in [5.74, 6) is -0.375. The van der Waals surface area contributed by atoms with Crippen LogP contribution in [-0.4, -0.2) is 59.6 Å². The van der Waals surface area contributed by atoms with Crippen molar-refractivity contribution in [3.8, 4) is 11.3 Å². The van der Waals surface area contributed by atoms with Crippen molar-refractivity contribution in [2.75, 3.05) is 39.4 Å². The molecule has 4 rings (SSSR count). The molecule has 1 aliphatic rings. The Morgan fingerprint density at radius 3 is 2.76 bits per heavy atom. The van der Waals surface area contributed by atoms with Crippen molar-refractivity contribution >= 4 is 22.2 Å². The number of thiazole rings is 1. The van der Waals surface area contributed by atoms with Gasteiger partial charge in [-0.05, 0) is 25.5 Å². The Balaban J connectivity index is 1.48. The number of morpholine rings is 1. The van der Waals surface area contributed by atoms with E-state index >= 15 is 0 Å². The molecule has 8 heteroatoms. The Labute approximate surface area is 173 Å². The predicted molar refractivity (Wildman–Crippen MR) is 114 cm³/mol. The summed E-state index contributed by atoms with van der Waals surface area (Å²) >= 11 is 1.39. The van der Waals surface area contributed by atoms with Crippen molar-refractivity contribution in [2.45, 2.75) is 13.3 Å². The molecule has 0 saturated carbocycles. The zero-order chi connectivity index (χ0) is 20.2. The summed E-state index contributed by atoms with van der Waals surface area (Å²) in [7, 11) is 0. The Kier molecular flexibility index (Phi) is 6.03. The van der Waals surface area contributed by atoms with Crippen LogP contribution in [0.2, 0.25) is 0 Å². The van der Waals surface area contributed by atoms with E-state index in [2.05, 4.69) is 15.2 Å². The second kappa shape index (κ2) is 8.86. The summed E-state index contributed by atoms with van der Waals surface area (Å²) in [5, 5.41) is 4.76. The van der Waals surface area contributed by atoms with Gasteiger partial charge >= 0.3 is 0 Å². The molecule has 1 aliphatic heterocycles. The van der Waals surface area contributed by atoms with E-state index in [9.17, 15) is 9.59 Å². The van der Waals surface area contributed by atoms with Gasteiger partial charge in [0.2, 0.25) is 0 Å². The topological polar surface area (TPSA) is 75.9 Å². The van der Waals surface area contributed by atoms with Crippen LogP contribution >= 0.6 is 11.3 Å². The van der Waals surface area contributed by atoms with Crippen LogP contribution < -0.4 is 10.9 Å². The molecular formula is C21H24N4O3S. The third-order valence-corrected chi connectivity index (χ3v) is 5.92. The normalized spacial score (nSPS) is 14.9. The number of aromatic nitrogens is 2. The minimum absolute atomic E-state index is 0.0700. The average Bonchev–Trinajstić information content (AvgIpc) is 3.18. The number of hydrogen-bond acceptors (Lipinski definition) is 6. The number of benzene rings is 1. The summed E-state index contributed by atoms with van der Waals surface area (Å²) in [6, 6.07) is 7.95. The van der Waals surface area contributed by atoms with Gasteiger partial charge in [0.15, 0.2) is 4.96 Å². The largest absolute Gasteiger partial charge is 0.379 e. The lowest BCUT2D eigenvalue weighted by molar-refractivity contribution is 0.0374. The standard InChI is InChI=1S/C21H24N4O3S/c1-15-3-5-16(6-4-15)18-14-29-21-23-13-17(20(27)25(18)21)19(26)22-7-2-8-24-9-11-28-12-10-24/h3-6,13-14H,2,7-12H2,1H3,(H,22,26). The van der Waals surface area contributed by atoms with Crippen LogP contribution in [0.3, 0.4) is 0 Å². The van der Waals surface area contributed by atoms with Gasteiger partial charge in [-0.3, -0.25) is 18.9 Å². The zero-order valence-electron chi connectivity index (χ0n) is 16.4. The van der Waals surface area contributed by atoms with Gasteiger partial charge in [0, 0.05) is 31.2 Å². The van der Waals surface area contributed by atoms with Crippen LogP contribution in [0.5, 0.6) is 0 Å². The molecule has 3 heterocycles. The fraction of sp³-hybridized carbons (Fsp3) is 0.381. The first kappa shape index (κ1) is 19.8. The molecule has 152 valence electrons. The molecule has 0 atom stereocenters. The number of fused-ring (bicyclic) bond motifs is 1. The lowest BCUT2D eigenvalue weighted by atomic mass is 10.1. The highest BCUT2D eigenvalue weighted by molar-refractivity contribution is 7.15. The van der Waals surface area contributed by atoms with Crippen LogP contribution in [0.15, 0.2) is 40.6 Å². The SMILES string of the molecule is Cc1ccc(-c2csc3ncc(C(=O)NCCCN4CCOCC4)c(=O)n23)cc1. The second-order valence-electron chi connectivity index (χ2n) is 7.15. The van der Waals surface area contributed by atoms with E-state index in [0.29, 0.717) is 11.5 Å². The van der Waals surface area contributed by atoms with E-state index < -0.39 is 0 Å². The van der Waals surface area contributed by atoms with Crippen molar-refractivity contribution in [3.05, 3.63) is 57.3 Å². The molecule has 2 aromatic heterocycles. The summed E-state index contributed by atoms with van der Waals surface area (Å²) in [6.07, 6.45) is 2.21. The number of hydrogen-bond donors (Lipinski definition) is 1. The minimum Gasteiger partial charge on any atom is -0.379 e. The summed E-state index contributed by atoms with van der Waals surface area (Å²) in [4.78, 5) is 32.8. The smallest absolute Gasteiger partial charge is 0.271 e. The first-order valence-electron chi connectivity index (χ1n) is 9.78. The third kappa shape index (κ3) is 4.39. The van der Waals surface area contributed by atoms with Crippen molar-refractivity contribution in [1.29, 1.82) is 0 Å². The number of amides is 1. The molecule has 0 unspecified atom stereocenters.